The minimum absolute atomic E-state index is 0.0875. The number of aromatic nitrogens is 1. The number of methoxy groups -OCH3 is 1. The Morgan fingerprint density at radius 2 is 2.05 bits per heavy atom. The van der Waals surface area contributed by atoms with E-state index in [4.69, 9.17) is 14.6 Å². The quantitative estimate of drug-likeness (QED) is 0.673. The average Bonchev–Trinajstić information content (AvgIpc) is 2.41. The molecule has 1 amide bonds. The van der Waals surface area contributed by atoms with E-state index in [9.17, 15) is 9.59 Å². The zero-order chi connectivity index (χ0) is 15.0. The Bertz CT molecular complexity index is 476. The molecule has 0 aliphatic carbocycles. The van der Waals surface area contributed by atoms with Gasteiger partial charge in [-0.2, -0.15) is 0 Å². The summed E-state index contributed by atoms with van der Waals surface area (Å²) in [5.74, 6) is -1.42. The van der Waals surface area contributed by atoms with Crippen LogP contribution in [0.15, 0.2) is 12.1 Å². The molecule has 0 spiro atoms. The van der Waals surface area contributed by atoms with E-state index in [0.717, 1.165) is 0 Å². The maximum absolute atomic E-state index is 11.8. The number of carbonyl (C=O) groups excluding carboxylic acids is 1. The number of pyridine rings is 1. The minimum Gasteiger partial charge on any atom is -0.478 e. The van der Waals surface area contributed by atoms with Gasteiger partial charge in [-0.05, 0) is 19.1 Å². The summed E-state index contributed by atoms with van der Waals surface area (Å²) in [5.41, 5.74) is 0.579. The Hall–Kier alpha value is -1.99. The molecule has 7 nitrogen and oxygen atoms in total. The lowest BCUT2D eigenvalue weighted by Crippen LogP contribution is -2.28. The van der Waals surface area contributed by atoms with Crippen molar-refractivity contribution in [3.8, 4) is 0 Å². The molecular formula is C13H18N2O5. The Labute approximate surface area is 116 Å². The maximum Gasteiger partial charge on any atom is 0.337 e. The molecule has 0 aliphatic rings. The number of hydrogen-bond donors (Lipinski definition) is 2. The van der Waals surface area contributed by atoms with Gasteiger partial charge in [-0.25, -0.2) is 9.78 Å². The molecule has 0 aromatic carbocycles. The van der Waals surface area contributed by atoms with Crippen molar-refractivity contribution in [1.82, 2.24) is 10.3 Å². The highest BCUT2D eigenvalue weighted by Gasteiger charge is 2.12. The number of amides is 1. The summed E-state index contributed by atoms with van der Waals surface area (Å²) in [5, 5.41) is 11.5. The molecule has 110 valence electrons. The topological polar surface area (TPSA) is 97.8 Å². The summed E-state index contributed by atoms with van der Waals surface area (Å²) in [6.07, 6.45) is 0. The van der Waals surface area contributed by atoms with Crippen molar-refractivity contribution in [2.45, 2.75) is 6.92 Å². The Morgan fingerprint density at radius 1 is 1.30 bits per heavy atom. The van der Waals surface area contributed by atoms with Crippen molar-refractivity contribution in [3.05, 3.63) is 29.1 Å². The summed E-state index contributed by atoms with van der Waals surface area (Å²) in [4.78, 5) is 26.6. The zero-order valence-corrected chi connectivity index (χ0v) is 11.5. The number of nitrogens with zero attached hydrogens (tertiary/aromatic N) is 1. The summed E-state index contributed by atoms with van der Waals surface area (Å²) in [6, 6.07) is 2.76. The van der Waals surface area contributed by atoms with E-state index in [-0.39, 0.29) is 17.2 Å². The van der Waals surface area contributed by atoms with Gasteiger partial charge >= 0.3 is 5.97 Å². The van der Waals surface area contributed by atoms with Crippen molar-refractivity contribution in [3.63, 3.8) is 0 Å². The van der Waals surface area contributed by atoms with Gasteiger partial charge in [-0.1, -0.05) is 0 Å². The number of carbonyl (C=O) groups is 2. The first kappa shape index (κ1) is 16.1. The molecule has 1 heterocycles. The standard InChI is InChI=1S/C13H18N2O5/c1-9-10(13(17)18)3-4-11(15-9)12(16)14-5-6-20-8-7-19-2/h3-4H,5-8H2,1-2H3,(H,14,16)(H,17,18). The molecule has 1 rings (SSSR count). The number of carboxylic acids is 1. The molecule has 1 aromatic rings. The van der Waals surface area contributed by atoms with E-state index < -0.39 is 5.97 Å². The molecule has 20 heavy (non-hydrogen) atoms. The fourth-order valence-electron chi connectivity index (χ4n) is 1.49. The normalized spacial score (nSPS) is 10.3. The molecule has 2 N–H and O–H groups in total. The van der Waals surface area contributed by atoms with E-state index in [1.165, 1.54) is 12.1 Å². The molecule has 0 saturated carbocycles. The zero-order valence-electron chi connectivity index (χ0n) is 11.5. The van der Waals surface area contributed by atoms with Crippen molar-refractivity contribution < 1.29 is 24.2 Å². The first-order valence-corrected chi connectivity index (χ1v) is 6.12. The van der Waals surface area contributed by atoms with Crippen LogP contribution in [0.5, 0.6) is 0 Å². The van der Waals surface area contributed by atoms with Crippen molar-refractivity contribution in [1.29, 1.82) is 0 Å². The smallest absolute Gasteiger partial charge is 0.337 e. The Kier molecular flexibility index (Phi) is 6.61. The largest absolute Gasteiger partial charge is 0.478 e. The molecule has 1 aromatic heterocycles. The predicted molar refractivity (Wildman–Crippen MR) is 71.0 cm³/mol. The van der Waals surface area contributed by atoms with E-state index in [2.05, 4.69) is 10.3 Å². The third-order valence-electron chi connectivity index (χ3n) is 2.51. The van der Waals surface area contributed by atoms with Gasteiger partial charge in [0.2, 0.25) is 0 Å². The van der Waals surface area contributed by atoms with Gasteiger partial charge in [0.05, 0.1) is 31.1 Å². The number of hydrogen-bond acceptors (Lipinski definition) is 5. The molecule has 0 unspecified atom stereocenters. The number of aryl methyl sites for hydroxylation is 1. The molecule has 7 heteroatoms. The Balaban J connectivity index is 2.44. The van der Waals surface area contributed by atoms with Crippen LogP contribution < -0.4 is 5.32 Å². The Morgan fingerprint density at radius 3 is 2.65 bits per heavy atom. The van der Waals surface area contributed by atoms with Gasteiger partial charge in [-0.3, -0.25) is 4.79 Å². The number of aromatic carboxylic acids is 1. The fraction of sp³-hybridized carbons (Fsp3) is 0.462. The molecule has 0 aliphatic heterocycles. The predicted octanol–water partition coefficient (Wildman–Crippen LogP) is 0.481. The van der Waals surface area contributed by atoms with Crippen LogP contribution >= 0.6 is 0 Å². The van der Waals surface area contributed by atoms with Crippen LogP contribution in [0, 0.1) is 6.92 Å². The number of nitrogens with one attached hydrogen (secondary N) is 1. The van der Waals surface area contributed by atoms with Crippen molar-refractivity contribution in [2.24, 2.45) is 0 Å². The average molecular weight is 282 g/mol. The third kappa shape index (κ3) is 4.94. The van der Waals surface area contributed by atoms with Crippen LogP contribution in [0.1, 0.15) is 26.5 Å². The summed E-state index contributed by atoms with van der Waals surface area (Å²) in [7, 11) is 1.58. The van der Waals surface area contributed by atoms with Crippen LogP contribution in [-0.4, -0.2) is 55.4 Å². The lowest BCUT2D eigenvalue weighted by Gasteiger charge is -2.07. The second-order valence-electron chi connectivity index (χ2n) is 4.00. The van der Waals surface area contributed by atoms with Gasteiger partial charge in [0.25, 0.3) is 5.91 Å². The first-order valence-electron chi connectivity index (χ1n) is 6.12. The molecule has 0 radical (unpaired) electrons. The highest BCUT2D eigenvalue weighted by molar-refractivity contribution is 5.94. The lowest BCUT2D eigenvalue weighted by atomic mass is 10.2. The van der Waals surface area contributed by atoms with Gasteiger partial charge in [0.1, 0.15) is 5.69 Å². The van der Waals surface area contributed by atoms with E-state index in [1.807, 2.05) is 0 Å². The molecule has 0 saturated heterocycles. The van der Waals surface area contributed by atoms with Crippen LogP contribution in [0.2, 0.25) is 0 Å². The maximum atomic E-state index is 11.8. The summed E-state index contributed by atoms with van der Waals surface area (Å²) >= 11 is 0. The molecular weight excluding hydrogens is 264 g/mol. The number of carboxylic acid groups (broad SMARTS) is 1. The van der Waals surface area contributed by atoms with Crippen molar-refractivity contribution >= 4 is 11.9 Å². The van der Waals surface area contributed by atoms with Gasteiger partial charge in [0.15, 0.2) is 0 Å². The summed E-state index contributed by atoms with van der Waals surface area (Å²) < 4.78 is 10.0. The second-order valence-corrected chi connectivity index (χ2v) is 4.00. The lowest BCUT2D eigenvalue weighted by molar-refractivity contribution is 0.0687. The SMILES string of the molecule is COCCOCCNC(=O)c1ccc(C(=O)O)c(C)n1. The minimum atomic E-state index is -1.06. The highest BCUT2D eigenvalue weighted by atomic mass is 16.5. The van der Waals surface area contributed by atoms with E-state index >= 15 is 0 Å². The van der Waals surface area contributed by atoms with Gasteiger partial charge < -0.3 is 19.9 Å². The summed E-state index contributed by atoms with van der Waals surface area (Å²) in [6.45, 7) is 3.25. The van der Waals surface area contributed by atoms with Crippen LogP contribution in [0.25, 0.3) is 0 Å². The number of rotatable bonds is 8. The van der Waals surface area contributed by atoms with Gasteiger partial charge in [-0.15, -0.1) is 0 Å². The van der Waals surface area contributed by atoms with Crippen LogP contribution in [0.4, 0.5) is 0 Å². The van der Waals surface area contributed by atoms with Crippen LogP contribution in [0.3, 0.4) is 0 Å². The van der Waals surface area contributed by atoms with Gasteiger partial charge in [0, 0.05) is 13.7 Å². The molecule has 0 bridgehead atoms. The third-order valence-corrected chi connectivity index (χ3v) is 2.51. The fourth-order valence-corrected chi connectivity index (χ4v) is 1.49. The molecule has 0 atom stereocenters. The number of ether oxygens (including phenoxy) is 2. The van der Waals surface area contributed by atoms with Crippen LogP contribution in [-0.2, 0) is 9.47 Å². The van der Waals surface area contributed by atoms with Crippen molar-refractivity contribution in [2.75, 3.05) is 33.5 Å². The van der Waals surface area contributed by atoms with E-state index in [1.54, 1.807) is 14.0 Å². The second kappa shape index (κ2) is 8.23. The van der Waals surface area contributed by atoms with E-state index in [0.29, 0.717) is 32.1 Å². The monoisotopic (exact) mass is 282 g/mol. The first-order chi connectivity index (χ1) is 9.56. The molecule has 0 fully saturated rings. The highest BCUT2D eigenvalue weighted by Crippen LogP contribution is 2.06.